The van der Waals surface area contributed by atoms with E-state index in [9.17, 15) is 9.18 Å². The van der Waals surface area contributed by atoms with Crippen molar-refractivity contribution >= 4 is 23.4 Å². The lowest BCUT2D eigenvalue weighted by Gasteiger charge is -2.12. The number of nitrogen functional groups attached to an aromatic ring is 1. The number of aromatic nitrogens is 5. The van der Waals surface area contributed by atoms with E-state index in [1.54, 1.807) is 6.92 Å². The van der Waals surface area contributed by atoms with Crippen molar-refractivity contribution in [3.63, 3.8) is 0 Å². The second-order valence-corrected chi connectivity index (χ2v) is 5.52. The highest BCUT2D eigenvalue weighted by Crippen LogP contribution is 2.28. The lowest BCUT2D eigenvalue weighted by atomic mass is 10.1. The standard InChI is InChI=1S/C17H16FN7O3/c1-8-22-14(25-17(19)23-8)11-4-9(16(26)28-3)6-20-13(11)24-10-5-12(18)15(27-2)21-7-10/h4-7H,1-3H3,(H,20,24)(H2,19,22,23,25). The van der Waals surface area contributed by atoms with E-state index < -0.39 is 11.8 Å². The Morgan fingerprint density at radius 2 is 1.93 bits per heavy atom. The number of aryl methyl sites for hydroxylation is 1. The SMILES string of the molecule is COC(=O)c1cnc(Nc2cnc(OC)c(F)c2)c(-c2nc(C)nc(N)n2)c1. The van der Waals surface area contributed by atoms with Gasteiger partial charge < -0.3 is 20.5 Å². The molecule has 3 aromatic heterocycles. The molecule has 3 heterocycles. The van der Waals surface area contributed by atoms with E-state index in [0.29, 0.717) is 17.1 Å². The third-order valence-electron chi connectivity index (χ3n) is 3.58. The van der Waals surface area contributed by atoms with Gasteiger partial charge in [0, 0.05) is 12.3 Å². The monoisotopic (exact) mass is 385 g/mol. The van der Waals surface area contributed by atoms with Crippen LogP contribution in [-0.4, -0.2) is 45.1 Å². The Kier molecular flexibility index (Phi) is 5.25. The van der Waals surface area contributed by atoms with Crippen LogP contribution in [0.15, 0.2) is 24.5 Å². The topological polar surface area (TPSA) is 138 Å². The fourth-order valence-electron chi connectivity index (χ4n) is 2.37. The molecule has 0 aromatic carbocycles. The minimum absolute atomic E-state index is 0.00841. The van der Waals surface area contributed by atoms with Crippen molar-refractivity contribution in [3.8, 4) is 17.3 Å². The van der Waals surface area contributed by atoms with Gasteiger partial charge in [0.25, 0.3) is 0 Å². The zero-order valence-electron chi connectivity index (χ0n) is 15.2. The Labute approximate surface area is 159 Å². The van der Waals surface area contributed by atoms with Crippen LogP contribution in [0, 0.1) is 12.7 Å². The molecule has 0 fully saturated rings. The van der Waals surface area contributed by atoms with Gasteiger partial charge in [0.2, 0.25) is 11.8 Å². The number of halogens is 1. The van der Waals surface area contributed by atoms with Crippen molar-refractivity contribution in [1.82, 2.24) is 24.9 Å². The van der Waals surface area contributed by atoms with E-state index in [2.05, 4.69) is 30.2 Å². The van der Waals surface area contributed by atoms with E-state index >= 15 is 0 Å². The maximum Gasteiger partial charge on any atom is 0.339 e. The molecular weight excluding hydrogens is 369 g/mol. The van der Waals surface area contributed by atoms with Crippen LogP contribution in [0.1, 0.15) is 16.2 Å². The van der Waals surface area contributed by atoms with Gasteiger partial charge in [0.15, 0.2) is 11.6 Å². The Morgan fingerprint density at radius 3 is 2.57 bits per heavy atom. The summed E-state index contributed by atoms with van der Waals surface area (Å²) in [7, 11) is 2.57. The minimum Gasteiger partial charge on any atom is -0.479 e. The second kappa shape index (κ2) is 7.78. The summed E-state index contributed by atoms with van der Waals surface area (Å²) < 4.78 is 23.5. The van der Waals surface area contributed by atoms with Gasteiger partial charge in [-0.05, 0) is 13.0 Å². The number of nitrogens with one attached hydrogen (secondary N) is 1. The lowest BCUT2D eigenvalue weighted by Crippen LogP contribution is -2.08. The van der Waals surface area contributed by atoms with Crippen LogP contribution < -0.4 is 15.8 Å². The van der Waals surface area contributed by atoms with E-state index in [1.807, 2.05) is 0 Å². The quantitative estimate of drug-likeness (QED) is 0.626. The summed E-state index contributed by atoms with van der Waals surface area (Å²) in [5, 5.41) is 2.92. The van der Waals surface area contributed by atoms with Crippen LogP contribution in [0.3, 0.4) is 0 Å². The summed E-state index contributed by atoms with van der Waals surface area (Å²) in [6, 6.07) is 2.68. The van der Waals surface area contributed by atoms with Crippen LogP contribution in [0.25, 0.3) is 11.4 Å². The molecule has 0 saturated carbocycles. The minimum atomic E-state index is -0.652. The molecule has 0 bridgehead atoms. The summed E-state index contributed by atoms with van der Waals surface area (Å²) in [5.74, 6) is -0.544. The molecule has 0 aliphatic rings. The Morgan fingerprint density at radius 1 is 1.14 bits per heavy atom. The van der Waals surface area contributed by atoms with Gasteiger partial charge in [0.05, 0.1) is 37.2 Å². The van der Waals surface area contributed by atoms with Crippen molar-refractivity contribution in [1.29, 1.82) is 0 Å². The molecule has 0 spiro atoms. The van der Waals surface area contributed by atoms with E-state index in [4.69, 9.17) is 15.2 Å². The molecule has 3 N–H and O–H groups in total. The van der Waals surface area contributed by atoms with Crippen molar-refractivity contribution in [2.75, 3.05) is 25.3 Å². The van der Waals surface area contributed by atoms with Crippen molar-refractivity contribution in [2.45, 2.75) is 6.92 Å². The number of rotatable bonds is 5. The molecule has 0 atom stereocenters. The number of carbonyl (C=O) groups excluding carboxylic acids is 1. The third kappa shape index (κ3) is 3.92. The highest BCUT2D eigenvalue weighted by atomic mass is 19.1. The second-order valence-electron chi connectivity index (χ2n) is 5.52. The van der Waals surface area contributed by atoms with Gasteiger partial charge >= 0.3 is 5.97 Å². The molecular formula is C17H16FN7O3. The van der Waals surface area contributed by atoms with E-state index in [0.717, 1.165) is 0 Å². The first kappa shape index (κ1) is 18.9. The largest absolute Gasteiger partial charge is 0.479 e. The molecule has 0 aliphatic heterocycles. The number of esters is 1. The van der Waals surface area contributed by atoms with Crippen LogP contribution in [0.2, 0.25) is 0 Å². The Hall–Kier alpha value is -3.89. The Balaban J connectivity index is 2.09. The molecule has 0 radical (unpaired) electrons. The number of hydrogen-bond donors (Lipinski definition) is 2. The third-order valence-corrected chi connectivity index (χ3v) is 3.58. The summed E-state index contributed by atoms with van der Waals surface area (Å²) >= 11 is 0. The summed E-state index contributed by atoms with van der Waals surface area (Å²) in [4.78, 5) is 32.2. The highest BCUT2D eigenvalue weighted by molar-refractivity contribution is 5.92. The van der Waals surface area contributed by atoms with Gasteiger partial charge in [-0.1, -0.05) is 0 Å². The first-order valence-electron chi connectivity index (χ1n) is 7.94. The predicted molar refractivity (Wildman–Crippen MR) is 97.6 cm³/mol. The maximum absolute atomic E-state index is 13.9. The fourth-order valence-corrected chi connectivity index (χ4v) is 2.37. The number of hydrogen-bond acceptors (Lipinski definition) is 10. The van der Waals surface area contributed by atoms with Gasteiger partial charge in [-0.15, -0.1) is 0 Å². The summed E-state index contributed by atoms with van der Waals surface area (Å²) in [6.07, 6.45) is 2.68. The highest BCUT2D eigenvalue weighted by Gasteiger charge is 2.17. The van der Waals surface area contributed by atoms with E-state index in [-0.39, 0.29) is 29.0 Å². The predicted octanol–water partition coefficient (Wildman–Crippen LogP) is 1.90. The summed E-state index contributed by atoms with van der Waals surface area (Å²) in [6.45, 7) is 1.65. The number of nitrogens with two attached hydrogens (primary N) is 1. The normalized spacial score (nSPS) is 10.4. The molecule has 144 valence electrons. The average molecular weight is 385 g/mol. The summed E-state index contributed by atoms with van der Waals surface area (Å²) in [5.41, 5.74) is 6.53. The maximum atomic E-state index is 13.9. The van der Waals surface area contributed by atoms with Crippen LogP contribution in [0.4, 0.5) is 21.8 Å². The average Bonchev–Trinajstić information content (AvgIpc) is 2.67. The van der Waals surface area contributed by atoms with Gasteiger partial charge in [-0.25, -0.2) is 24.1 Å². The molecule has 10 nitrogen and oxygen atoms in total. The molecule has 28 heavy (non-hydrogen) atoms. The van der Waals surface area contributed by atoms with Crippen molar-refractivity contribution in [3.05, 3.63) is 41.7 Å². The fraction of sp³-hybridized carbons (Fsp3) is 0.176. The zero-order chi connectivity index (χ0) is 20.3. The molecule has 0 unspecified atom stereocenters. The first-order valence-corrected chi connectivity index (χ1v) is 7.94. The van der Waals surface area contributed by atoms with Gasteiger partial charge in [-0.2, -0.15) is 9.97 Å². The smallest absolute Gasteiger partial charge is 0.339 e. The molecule has 0 amide bonds. The molecule has 0 aliphatic carbocycles. The van der Waals surface area contributed by atoms with Crippen LogP contribution in [0.5, 0.6) is 5.88 Å². The number of methoxy groups -OCH3 is 2. The molecule has 3 rings (SSSR count). The van der Waals surface area contributed by atoms with Crippen LogP contribution in [-0.2, 0) is 4.74 Å². The number of carbonyl (C=O) groups is 1. The van der Waals surface area contributed by atoms with E-state index in [1.165, 1.54) is 38.7 Å². The number of anilines is 3. The van der Waals surface area contributed by atoms with Gasteiger partial charge in [-0.3, -0.25) is 0 Å². The number of nitrogens with zero attached hydrogens (tertiary/aromatic N) is 5. The number of pyridine rings is 2. The van der Waals surface area contributed by atoms with Gasteiger partial charge in [0.1, 0.15) is 11.6 Å². The first-order chi connectivity index (χ1) is 13.4. The Bertz CT molecular complexity index is 1030. The van der Waals surface area contributed by atoms with Crippen molar-refractivity contribution < 1.29 is 18.7 Å². The zero-order valence-corrected chi connectivity index (χ0v) is 15.2. The molecule has 0 saturated heterocycles. The van der Waals surface area contributed by atoms with Crippen LogP contribution >= 0.6 is 0 Å². The molecule has 11 heteroatoms. The molecule has 3 aromatic rings. The number of ether oxygens (including phenoxy) is 2. The lowest BCUT2D eigenvalue weighted by molar-refractivity contribution is 0.0600. The van der Waals surface area contributed by atoms with Crippen molar-refractivity contribution in [2.24, 2.45) is 0 Å².